The zero-order chi connectivity index (χ0) is 11.3. The zero-order valence-corrected chi connectivity index (χ0v) is 9.31. The summed E-state index contributed by atoms with van der Waals surface area (Å²) >= 11 is 0. The Morgan fingerprint density at radius 2 is 1.93 bits per heavy atom. The molecule has 0 aliphatic carbocycles. The topological polar surface area (TPSA) is 46.3 Å². The van der Waals surface area contributed by atoms with Crippen LogP contribution in [0.2, 0.25) is 0 Å². The highest BCUT2D eigenvalue weighted by molar-refractivity contribution is 5.81. The number of amides is 1. The summed E-state index contributed by atoms with van der Waals surface area (Å²) in [6.07, 6.45) is 1.54. The minimum absolute atomic E-state index is 0.00840. The Bertz CT molecular complexity index is 309. The van der Waals surface area contributed by atoms with Gasteiger partial charge in [-0.15, -0.1) is 0 Å². The van der Waals surface area contributed by atoms with Gasteiger partial charge < -0.3 is 10.6 Å². The summed E-state index contributed by atoms with van der Waals surface area (Å²) in [5.41, 5.74) is 7.00. The molecule has 0 saturated carbocycles. The van der Waals surface area contributed by atoms with Crippen molar-refractivity contribution < 1.29 is 4.79 Å². The number of carbonyl (C=O) groups is 1. The van der Waals surface area contributed by atoms with Gasteiger partial charge in [-0.1, -0.05) is 30.3 Å². The maximum Gasteiger partial charge on any atom is 0.238 e. The van der Waals surface area contributed by atoms with E-state index in [1.807, 2.05) is 30.3 Å². The number of carbonyl (C=O) groups excluding carboxylic acids is 1. The van der Waals surface area contributed by atoms with Crippen LogP contribution in [0.1, 0.15) is 12.0 Å². The van der Waals surface area contributed by atoms with Gasteiger partial charge in [-0.3, -0.25) is 4.79 Å². The zero-order valence-electron chi connectivity index (χ0n) is 9.31. The lowest BCUT2D eigenvalue weighted by Crippen LogP contribution is -2.40. The molecule has 1 aromatic rings. The Labute approximate surface area is 90.9 Å². The van der Waals surface area contributed by atoms with Gasteiger partial charge in [-0.05, 0) is 18.4 Å². The maximum atomic E-state index is 11.5. The highest BCUT2D eigenvalue weighted by atomic mass is 16.2. The van der Waals surface area contributed by atoms with Crippen LogP contribution in [-0.4, -0.2) is 30.9 Å². The maximum absolute atomic E-state index is 11.5. The third-order valence-corrected chi connectivity index (χ3v) is 2.34. The summed E-state index contributed by atoms with van der Waals surface area (Å²) in [5, 5.41) is 0. The molecule has 1 aromatic carbocycles. The van der Waals surface area contributed by atoms with Crippen molar-refractivity contribution in [2.75, 3.05) is 14.1 Å². The standard InChI is InChI=1S/C12H18N2O/c1-14(2)12(15)11(13)9-8-10-6-4-3-5-7-10/h3-7,11H,8-9,13H2,1-2H3/t11-/m0/s1. The van der Waals surface area contributed by atoms with Gasteiger partial charge in [0, 0.05) is 14.1 Å². The second-order valence-corrected chi connectivity index (χ2v) is 3.86. The lowest BCUT2D eigenvalue weighted by atomic mass is 10.1. The van der Waals surface area contributed by atoms with E-state index in [0.29, 0.717) is 6.42 Å². The summed E-state index contributed by atoms with van der Waals surface area (Å²) in [5.74, 6) is -0.00840. The molecular formula is C12H18N2O. The van der Waals surface area contributed by atoms with E-state index in [1.165, 1.54) is 10.5 Å². The van der Waals surface area contributed by atoms with Crippen LogP contribution in [0.25, 0.3) is 0 Å². The molecule has 1 amide bonds. The van der Waals surface area contributed by atoms with Crippen LogP contribution in [0.4, 0.5) is 0 Å². The Balaban J connectivity index is 2.41. The minimum atomic E-state index is -0.389. The first-order valence-electron chi connectivity index (χ1n) is 5.12. The molecule has 0 aliphatic rings. The fraction of sp³-hybridized carbons (Fsp3) is 0.417. The monoisotopic (exact) mass is 206 g/mol. The Kier molecular flexibility index (Phi) is 4.31. The molecule has 0 fully saturated rings. The second kappa shape index (κ2) is 5.51. The van der Waals surface area contributed by atoms with Crippen LogP contribution in [0.15, 0.2) is 30.3 Å². The van der Waals surface area contributed by atoms with Crippen LogP contribution >= 0.6 is 0 Å². The molecule has 0 bridgehead atoms. The number of nitrogens with zero attached hydrogens (tertiary/aromatic N) is 1. The first kappa shape index (κ1) is 11.7. The summed E-state index contributed by atoms with van der Waals surface area (Å²) in [4.78, 5) is 13.0. The van der Waals surface area contributed by atoms with Crippen LogP contribution < -0.4 is 5.73 Å². The van der Waals surface area contributed by atoms with Gasteiger partial charge in [0.05, 0.1) is 6.04 Å². The molecule has 0 unspecified atom stereocenters. The highest BCUT2D eigenvalue weighted by Crippen LogP contribution is 2.04. The fourth-order valence-electron chi connectivity index (χ4n) is 1.42. The molecule has 0 heterocycles. The van der Waals surface area contributed by atoms with Crippen molar-refractivity contribution in [3.05, 3.63) is 35.9 Å². The number of nitrogens with two attached hydrogens (primary N) is 1. The van der Waals surface area contributed by atoms with Crippen LogP contribution in [-0.2, 0) is 11.2 Å². The summed E-state index contributed by atoms with van der Waals surface area (Å²) in [6.45, 7) is 0. The summed E-state index contributed by atoms with van der Waals surface area (Å²) in [6, 6.07) is 9.68. The number of likely N-dealkylation sites (N-methyl/N-ethyl adjacent to an activating group) is 1. The molecule has 2 N–H and O–H groups in total. The van der Waals surface area contributed by atoms with E-state index < -0.39 is 0 Å². The molecule has 3 nitrogen and oxygen atoms in total. The third kappa shape index (κ3) is 3.72. The minimum Gasteiger partial charge on any atom is -0.347 e. The van der Waals surface area contributed by atoms with E-state index >= 15 is 0 Å². The van der Waals surface area contributed by atoms with Crippen LogP contribution in [0.5, 0.6) is 0 Å². The summed E-state index contributed by atoms with van der Waals surface area (Å²) in [7, 11) is 3.45. The number of aryl methyl sites for hydroxylation is 1. The molecule has 0 aromatic heterocycles. The van der Waals surface area contributed by atoms with Crippen LogP contribution in [0, 0.1) is 0 Å². The van der Waals surface area contributed by atoms with E-state index in [-0.39, 0.29) is 11.9 Å². The SMILES string of the molecule is CN(C)C(=O)[C@@H](N)CCc1ccccc1. The average molecular weight is 206 g/mol. The fourth-order valence-corrected chi connectivity index (χ4v) is 1.42. The smallest absolute Gasteiger partial charge is 0.238 e. The predicted octanol–water partition coefficient (Wildman–Crippen LogP) is 1.03. The lowest BCUT2D eigenvalue weighted by molar-refractivity contribution is -0.130. The molecule has 1 rings (SSSR count). The number of benzene rings is 1. The molecule has 15 heavy (non-hydrogen) atoms. The molecule has 1 atom stereocenters. The third-order valence-electron chi connectivity index (χ3n) is 2.34. The van der Waals surface area contributed by atoms with Gasteiger partial charge in [0.15, 0.2) is 0 Å². The van der Waals surface area contributed by atoms with Gasteiger partial charge in [0.2, 0.25) is 5.91 Å². The van der Waals surface area contributed by atoms with Crippen molar-refractivity contribution in [1.82, 2.24) is 4.90 Å². The van der Waals surface area contributed by atoms with Gasteiger partial charge in [-0.25, -0.2) is 0 Å². The normalized spacial score (nSPS) is 12.2. The lowest BCUT2D eigenvalue weighted by Gasteiger charge is -2.16. The van der Waals surface area contributed by atoms with E-state index in [4.69, 9.17) is 5.73 Å². The molecule has 0 spiro atoms. The van der Waals surface area contributed by atoms with Gasteiger partial charge in [0.1, 0.15) is 0 Å². The quantitative estimate of drug-likeness (QED) is 0.800. The van der Waals surface area contributed by atoms with E-state index in [2.05, 4.69) is 0 Å². The molecule has 0 radical (unpaired) electrons. The van der Waals surface area contributed by atoms with Gasteiger partial charge >= 0.3 is 0 Å². The van der Waals surface area contributed by atoms with E-state index in [9.17, 15) is 4.79 Å². The molecule has 3 heteroatoms. The molecular weight excluding hydrogens is 188 g/mol. The Hall–Kier alpha value is -1.35. The van der Waals surface area contributed by atoms with Crippen LogP contribution in [0.3, 0.4) is 0 Å². The Morgan fingerprint density at radius 3 is 2.47 bits per heavy atom. The number of hydrogen-bond acceptors (Lipinski definition) is 2. The first-order valence-corrected chi connectivity index (χ1v) is 5.12. The average Bonchev–Trinajstić information content (AvgIpc) is 2.26. The van der Waals surface area contributed by atoms with Crippen molar-refractivity contribution in [2.24, 2.45) is 5.73 Å². The van der Waals surface area contributed by atoms with Gasteiger partial charge in [0.25, 0.3) is 0 Å². The van der Waals surface area contributed by atoms with Crippen molar-refractivity contribution >= 4 is 5.91 Å². The second-order valence-electron chi connectivity index (χ2n) is 3.86. The molecule has 82 valence electrons. The van der Waals surface area contributed by atoms with Gasteiger partial charge in [-0.2, -0.15) is 0 Å². The molecule has 0 aliphatic heterocycles. The molecule has 0 saturated heterocycles. The first-order chi connectivity index (χ1) is 7.11. The van der Waals surface area contributed by atoms with E-state index in [1.54, 1.807) is 14.1 Å². The van der Waals surface area contributed by atoms with Crippen molar-refractivity contribution in [2.45, 2.75) is 18.9 Å². The Morgan fingerprint density at radius 1 is 1.33 bits per heavy atom. The van der Waals surface area contributed by atoms with Crippen molar-refractivity contribution in [3.8, 4) is 0 Å². The van der Waals surface area contributed by atoms with E-state index in [0.717, 1.165) is 6.42 Å². The predicted molar refractivity (Wildman–Crippen MR) is 61.4 cm³/mol. The summed E-state index contributed by atoms with van der Waals surface area (Å²) < 4.78 is 0. The van der Waals surface area contributed by atoms with Crippen molar-refractivity contribution in [3.63, 3.8) is 0 Å². The number of hydrogen-bond donors (Lipinski definition) is 1. The largest absolute Gasteiger partial charge is 0.347 e. The number of rotatable bonds is 4. The highest BCUT2D eigenvalue weighted by Gasteiger charge is 2.14. The van der Waals surface area contributed by atoms with Crippen molar-refractivity contribution in [1.29, 1.82) is 0 Å².